The normalized spacial score (nSPS) is 25.6. The first-order chi connectivity index (χ1) is 9.42. The summed E-state index contributed by atoms with van der Waals surface area (Å²) in [5.41, 5.74) is -1.21. The van der Waals surface area contributed by atoms with E-state index in [9.17, 15) is 19.8 Å². The number of nitrogens with one attached hydrogen (secondary N) is 1. The number of likely N-dealkylation sites (tertiary alicyclic amines) is 1. The van der Waals surface area contributed by atoms with Gasteiger partial charge in [0.1, 0.15) is 11.7 Å². The quantitative estimate of drug-likeness (QED) is 0.599. The summed E-state index contributed by atoms with van der Waals surface area (Å²) in [6.45, 7) is 1.14. The van der Waals surface area contributed by atoms with Crippen LogP contribution >= 0.6 is 0 Å². The van der Waals surface area contributed by atoms with Crippen molar-refractivity contribution in [2.75, 3.05) is 19.6 Å². The number of aromatic nitrogens is 2. The van der Waals surface area contributed by atoms with Crippen molar-refractivity contribution in [2.45, 2.75) is 18.6 Å². The molecular weight excluding hydrogens is 264 g/mol. The molecule has 1 aliphatic heterocycles. The Hall–Kier alpha value is -2.06. The molecule has 2 heterocycles. The van der Waals surface area contributed by atoms with Crippen LogP contribution in [0.2, 0.25) is 0 Å². The van der Waals surface area contributed by atoms with E-state index in [0.29, 0.717) is 5.56 Å². The highest BCUT2D eigenvalue weighted by Gasteiger charge is 2.46. The summed E-state index contributed by atoms with van der Waals surface area (Å²) in [5, 5.41) is 29.8. The van der Waals surface area contributed by atoms with Gasteiger partial charge in [-0.3, -0.25) is 9.59 Å². The van der Waals surface area contributed by atoms with E-state index in [1.165, 1.54) is 30.3 Å². The molecule has 1 fully saturated rings. The Morgan fingerprint density at radius 1 is 1.55 bits per heavy atom. The van der Waals surface area contributed by atoms with Crippen LogP contribution in [0.25, 0.3) is 0 Å². The van der Waals surface area contributed by atoms with Crippen molar-refractivity contribution in [3.63, 3.8) is 0 Å². The van der Waals surface area contributed by atoms with E-state index < -0.39 is 11.7 Å². The van der Waals surface area contributed by atoms with Crippen LogP contribution in [0.4, 0.5) is 0 Å². The van der Waals surface area contributed by atoms with Crippen LogP contribution in [0.15, 0.2) is 18.5 Å². The SMILES string of the molecule is CC(=O)NC[C@]1(O)CN(C(=O)c2ccnnc2)C[C@H]1O. The van der Waals surface area contributed by atoms with Crippen molar-refractivity contribution in [3.8, 4) is 0 Å². The third-order valence-corrected chi connectivity index (χ3v) is 3.24. The monoisotopic (exact) mass is 280 g/mol. The predicted octanol–water partition coefficient (Wildman–Crippen LogP) is -1.84. The number of aliphatic hydroxyl groups is 2. The minimum absolute atomic E-state index is 0.00274. The van der Waals surface area contributed by atoms with Gasteiger partial charge in [-0.15, -0.1) is 0 Å². The first-order valence-corrected chi connectivity index (χ1v) is 6.13. The van der Waals surface area contributed by atoms with E-state index in [2.05, 4.69) is 15.5 Å². The Morgan fingerprint density at radius 3 is 2.90 bits per heavy atom. The summed E-state index contributed by atoms with van der Waals surface area (Å²) >= 11 is 0. The highest BCUT2D eigenvalue weighted by Crippen LogP contribution is 2.22. The van der Waals surface area contributed by atoms with Crippen LogP contribution in [-0.2, 0) is 4.79 Å². The number of hydrogen-bond acceptors (Lipinski definition) is 6. The zero-order chi connectivity index (χ0) is 14.8. The van der Waals surface area contributed by atoms with Crippen molar-refractivity contribution in [2.24, 2.45) is 0 Å². The molecule has 1 saturated heterocycles. The van der Waals surface area contributed by atoms with Gasteiger partial charge in [0.05, 0.1) is 31.0 Å². The topological polar surface area (TPSA) is 116 Å². The molecule has 20 heavy (non-hydrogen) atoms. The van der Waals surface area contributed by atoms with Gasteiger partial charge in [-0.1, -0.05) is 0 Å². The largest absolute Gasteiger partial charge is 0.388 e. The smallest absolute Gasteiger partial charge is 0.255 e. The van der Waals surface area contributed by atoms with E-state index in [1.807, 2.05) is 0 Å². The number of β-amino-alcohol motifs (C(OH)–C–C–N with tert-alkyl or cyclic N) is 2. The second-order valence-electron chi connectivity index (χ2n) is 4.85. The van der Waals surface area contributed by atoms with Gasteiger partial charge < -0.3 is 20.4 Å². The van der Waals surface area contributed by atoms with Gasteiger partial charge in [-0.05, 0) is 6.07 Å². The van der Waals surface area contributed by atoms with Crippen molar-refractivity contribution in [3.05, 3.63) is 24.0 Å². The van der Waals surface area contributed by atoms with Crippen LogP contribution in [0.3, 0.4) is 0 Å². The van der Waals surface area contributed by atoms with Gasteiger partial charge in [0.15, 0.2) is 0 Å². The van der Waals surface area contributed by atoms with E-state index in [-0.39, 0.29) is 31.4 Å². The number of carbonyl (C=O) groups is 2. The molecule has 108 valence electrons. The molecule has 3 N–H and O–H groups in total. The number of carbonyl (C=O) groups excluding carboxylic acids is 2. The average molecular weight is 280 g/mol. The summed E-state index contributed by atoms with van der Waals surface area (Å²) < 4.78 is 0. The fourth-order valence-corrected chi connectivity index (χ4v) is 2.08. The first kappa shape index (κ1) is 14.4. The molecule has 1 aliphatic rings. The lowest BCUT2D eigenvalue weighted by Crippen LogP contribution is -2.51. The zero-order valence-electron chi connectivity index (χ0n) is 11.0. The van der Waals surface area contributed by atoms with Gasteiger partial charge in [-0.25, -0.2) is 0 Å². The lowest BCUT2D eigenvalue weighted by Gasteiger charge is -2.25. The number of nitrogens with zero attached hydrogens (tertiary/aromatic N) is 3. The zero-order valence-corrected chi connectivity index (χ0v) is 11.0. The lowest BCUT2D eigenvalue weighted by atomic mass is 10.0. The van der Waals surface area contributed by atoms with E-state index in [4.69, 9.17) is 0 Å². The first-order valence-electron chi connectivity index (χ1n) is 6.13. The van der Waals surface area contributed by atoms with Crippen molar-refractivity contribution >= 4 is 11.8 Å². The Labute approximate surface area is 115 Å². The Kier molecular flexibility index (Phi) is 3.96. The third-order valence-electron chi connectivity index (χ3n) is 3.24. The molecule has 0 radical (unpaired) electrons. The Balaban J connectivity index is 2.06. The molecule has 2 amide bonds. The van der Waals surface area contributed by atoms with Crippen LogP contribution < -0.4 is 5.32 Å². The minimum Gasteiger partial charge on any atom is -0.388 e. The van der Waals surface area contributed by atoms with Crippen LogP contribution in [0.5, 0.6) is 0 Å². The molecule has 2 rings (SSSR count). The molecule has 8 heteroatoms. The van der Waals surface area contributed by atoms with Gasteiger partial charge >= 0.3 is 0 Å². The summed E-state index contributed by atoms with van der Waals surface area (Å²) in [7, 11) is 0. The maximum absolute atomic E-state index is 12.2. The van der Waals surface area contributed by atoms with Crippen molar-refractivity contribution in [1.82, 2.24) is 20.4 Å². The molecule has 0 bridgehead atoms. The predicted molar refractivity (Wildman–Crippen MR) is 67.6 cm³/mol. The lowest BCUT2D eigenvalue weighted by molar-refractivity contribution is -0.121. The fourth-order valence-electron chi connectivity index (χ4n) is 2.08. The molecule has 0 aromatic carbocycles. The van der Waals surface area contributed by atoms with E-state index in [1.54, 1.807) is 0 Å². The summed E-state index contributed by atoms with van der Waals surface area (Å²) in [4.78, 5) is 24.4. The molecule has 0 aliphatic carbocycles. The third kappa shape index (κ3) is 2.91. The highest BCUT2D eigenvalue weighted by molar-refractivity contribution is 5.94. The minimum atomic E-state index is -1.54. The van der Waals surface area contributed by atoms with Gasteiger partial charge in [0.2, 0.25) is 5.91 Å². The molecule has 0 saturated carbocycles. The molecule has 2 atom stereocenters. The van der Waals surface area contributed by atoms with Crippen molar-refractivity contribution in [1.29, 1.82) is 0 Å². The molecule has 0 unspecified atom stereocenters. The number of aliphatic hydroxyl groups excluding tert-OH is 1. The maximum Gasteiger partial charge on any atom is 0.255 e. The second kappa shape index (κ2) is 5.51. The van der Waals surface area contributed by atoms with Crippen molar-refractivity contribution < 1.29 is 19.8 Å². The fraction of sp³-hybridized carbons (Fsp3) is 0.500. The summed E-state index contributed by atoms with van der Waals surface area (Å²) in [6.07, 6.45) is 1.59. The Morgan fingerprint density at radius 2 is 2.30 bits per heavy atom. The highest BCUT2D eigenvalue weighted by atomic mass is 16.3. The average Bonchev–Trinajstić information content (AvgIpc) is 2.73. The molecule has 1 aromatic heterocycles. The Bertz CT molecular complexity index is 509. The van der Waals surface area contributed by atoms with Gasteiger partial charge in [0, 0.05) is 13.5 Å². The molecule has 1 aromatic rings. The van der Waals surface area contributed by atoms with Crippen LogP contribution in [0, 0.1) is 0 Å². The van der Waals surface area contributed by atoms with E-state index >= 15 is 0 Å². The second-order valence-corrected chi connectivity index (χ2v) is 4.85. The summed E-state index contributed by atoms with van der Waals surface area (Å²) in [5.74, 6) is -0.661. The van der Waals surface area contributed by atoms with Gasteiger partial charge in [0.25, 0.3) is 5.91 Å². The van der Waals surface area contributed by atoms with Crippen LogP contribution in [0.1, 0.15) is 17.3 Å². The molecule has 0 spiro atoms. The summed E-state index contributed by atoms with van der Waals surface area (Å²) in [6, 6.07) is 1.51. The standard InChI is InChI=1S/C12H16N4O4/c1-8(17)13-6-12(20)7-16(5-10(12)18)11(19)9-2-3-14-15-4-9/h2-4,10,18,20H,5-7H2,1H3,(H,13,17)/t10-,12+/m1/s1. The number of amides is 2. The molecular formula is C12H16N4O4. The van der Waals surface area contributed by atoms with Crippen LogP contribution in [-0.4, -0.2) is 68.5 Å². The number of rotatable bonds is 3. The number of hydrogen-bond donors (Lipinski definition) is 3. The molecule has 8 nitrogen and oxygen atoms in total. The van der Waals surface area contributed by atoms with Gasteiger partial charge in [-0.2, -0.15) is 10.2 Å². The maximum atomic E-state index is 12.2. The van der Waals surface area contributed by atoms with E-state index in [0.717, 1.165) is 0 Å².